The van der Waals surface area contributed by atoms with Crippen molar-refractivity contribution in [2.45, 2.75) is 39.5 Å². The maximum atomic E-state index is 12.0. The highest BCUT2D eigenvalue weighted by molar-refractivity contribution is 5.70. The summed E-state index contributed by atoms with van der Waals surface area (Å²) in [6.45, 7) is 4.84. The summed E-state index contributed by atoms with van der Waals surface area (Å²) in [6.07, 6.45) is 11.8. The van der Waals surface area contributed by atoms with E-state index in [2.05, 4.69) is 50.3 Å². The number of aryl methyl sites for hydroxylation is 1. The summed E-state index contributed by atoms with van der Waals surface area (Å²) in [5, 5.41) is 0. The van der Waals surface area contributed by atoms with Gasteiger partial charge in [-0.15, -0.1) is 0 Å². The molecule has 0 radical (unpaired) electrons. The summed E-state index contributed by atoms with van der Waals surface area (Å²) in [4.78, 5) is 12.0. The van der Waals surface area contributed by atoms with Gasteiger partial charge in [-0.1, -0.05) is 68.5 Å². The van der Waals surface area contributed by atoms with Gasteiger partial charge in [0.05, 0.1) is 13.0 Å². The van der Waals surface area contributed by atoms with Crippen LogP contribution in [0.25, 0.3) is 0 Å². The molecule has 1 aliphatic rings. The number of carbonyl (C=O) groups excluding carboxylic acids is 1. The summed E-state index contributed by atoms with van der Waals surface area (Å²) in [5.41, 5.74) is 1.37. The second kappa shape index (κ2) is 7.98. The zero-order valence-electron chi connectivity index (χ0n) is 13.6. The Balaban J connectivity index is 1.62. The average molecular weight is 298 g/mol. The molecule has 0 aromatic heterocycles. The van der Waals surface area contributed by atoms with E-state index in [-0.39, 0.29) is 17.3 Å². The monoisotopic (exact) mass is 298 g/mol. The van der Waals surface area contributed by atoms with Crippen LogP contribution in [0.2, 0.25) is 0 Å². The number of hydrogen-bond acceptors (Lipinski definition) is 2. The molecule has 1 aromatic rings. The molecule has 0 bridgehead atoms. The Morgan fingerprint density at radius 3 is 2.64 bits per heavy atom. The first-order valence-corrected chi connectivity index (χ1v) is 8.13. The lowest BCUT2D eigenvalue weighted by atomic mass is 9.74. The number of ether oxygens (including phenoxy) is 1. The molecule has 1 aromatic carbocycles. The number of allylic oxidation sites excluding steroid dienone is 4. The topological polar surface area (TPSA) is 26.3 Å². The van der Waals surface area contributed by atoms with Gasteiger partial charge >= 0.3 is 5.97 Å². The van der Waals surface area contributed by atoms with Crippen LogP contribution < -0.4 is 0 Å². The molecule has 2 nitrogen and oxygen atoms in total. The van der Waals surface area contributed by atoms with E-state index in [1.807, 2.05) is 18.2 Å². The first kappa shape index (κ1) is 16.5. The second-order valence-electron chi connectivity index (χ2n) is 6.54. The van der Waals surface area contributed by atoms with Gasteiger partial charge in [-0.05, 0) is 36.2 Å². The van der Waals surface area contributed by atoms with Crippen LogP contribution in [0.15, 0.2) is 54.6 Å². The molecular weight excluding hydrogens is 272 g/mol. The van der Waals surface area contributed by atoms with Crippen LogP contribution in [0.4, 0.5) is 0 Å². The molecule has 1 aliphatic carbocycles. The largest absolute Gasteiger partial charge is 0.466 e. The molecule has 2 rings (SSSR count). The van der Waals surface area contributed by atoms with E-state index >= 15 is 0 Å². The second-order valence-corrected chi connectivity index (χ2v) is 6.54. The summed E-state index contributed by atoms with van der Waals surface area (Å²) in [5.74, 6) is 0.145. The van der Waals surface area contributed by atoms with E-state index < -0.39 is 0 Å². The van der Waals surface area contributed by atoms with E-state index in [4.69, 9.17) is 4.74 Å². The highest BCUT2D eigenvalue weighted by Gasteiger charge is 2.28. The van der Waals surface area contributed by atoms with Crippen LogP contribution in [0.1, 0.15) is 38.7 Å². The molecule has 0 N–H and O–H groups in total. The molecule has 0 aliphatic heterocycles. The van der Waals surface area contributed by atoms with Gasteiger partial charge in [0.25, 0.3) is 0 Å². The van der Waals surface area contributed by atoms with Crippen molar-refractivity contribution < 1.29 is 9.53 Å². The molecule has 0 spiro atoms. The van der Waals surface area contributed by atoms with Gasteiger partial charge in [-0.2, -0.15) is 0 Å². The van der Waals surface area contributed by atoms with Gasteiger partial charge in [-0.3, -0.25) is 4.79 Å². The number of esters is 1. The van der Waals surface area contributed by atoms with Crippen molar-refractivity contribution in [1.82, 2.24) is 0 Å². The predicted octanol–water partition coefficient (Wildman–Crippen LogP) is 4.71. The summed E-state index contributed by atoms with van der Waals surface area (Å²) in [7, 11) is 0. The Kier molecular flexibility index (Phi) is 6.00. The van der Waals surface area contributed by atoms with Crippen molar-refractivity contribution >= 4 is 5.97 Å². The zero-order chi connectivity index (χ0) is 15.8. The van der Waals surface area contributed by atoms with Crippen LogP contribution >= 0.6 is 0 Å². The number of rotatable bonds is 7. The van der Waals surface area contributed by atoms with Crippen molar-refractivity contribution in [1.29, 1.82) is 0 Å². The molecule has 22 heavy (non-hydrogen) atoms. The van der Waals surface area contributed by atoms with Crippen molar-refractivity contribution in [2.24, 2.45) is 11.3 Å². The minimum Gasteiger partial charge on any atom is -0.466 e. The van der Waals surface area contributed by atoms with Crippen molar-refractivity contribution in [3.63, 3.8) is 0 Å². The van der Waals surface area contributed by atoms with Crippen molar-refractivity contribution in [2.75, 3.05) is 6.61 Å². The molecule has 0 saturated carbocycles. The normalized spacial score (nSPS) is 19.1. The molecule has 0 heterocycles. The standard InChI is InChI=1S/C20H26O2/c1-20(2)14-8-6-13-18(20)16-19(21)22-15-9-7-12-17-10-4-3-5-11-17/h3-6,8,10-11,13-14,18H,7,9,12,15-16H2,1-2H3. The fourth-order valence-electron chi connectivity index (χ4n) is 2.70. The first-order chi connectivity index (χ1) is 10.6. The molecule has 0 fully saturated rings. The molecule has 0 saturated heterocycles. The lowest BCUT2D eigenvalue weighted by molar-refractivity contribution is -0.145. The van der Waals surface area contributed by atoms with Crippen LogP contribution in [-0.2, 0) is 16.0 Å². The van der Waals surface area contributed by atoms with Gasteiger partial charge in [0.1, 0.15) is 0 Å². The Labute approximate surface area is 133 Å². The number of hydrogen-bond donors (Lipinski definition) is 0. The Hall–Kier alpha value is -1.83. The predicted molar refractivity (Wildman–Crippen MR) is 90.5 cm³/mol. The number of carbonyl (C=O) groups is 1. The van der Waals surface area contributed by atoms with Gasteiger partial charge in [0.2, 0.25) is 0 Å². The fraction of sp³-hybridized carbons (Fsp3) is 0.450. The van der Waals surface area contributed by atoms with Gasteiger partial charge in [0.15, 0.2) is 0 Å². The van der Waals surface area contributed by atoms with E-state index in [9.17, 15) is 4.79 Å². The van der Waals surface area contributed by atoms with E-state index in [1.54, 1.807) is 0 Å². The lowest BCUT2D eigenvalue weighted by Crippen LogP contribution is -2.25. The summed E-state index contributed by atoms with van der Waals surface area (Å²) >= 11 is 0. The fourth-order valence-corrected chi connectivity index (χ4v) is 2.70. The number of unbranched alkanes of at least 4 members (excludes halogenated alkanes) is 1. The minimum absolute atomic E-state index is 0.0288. The summed E-state index contributed by atoms with van der Waals surface area (Å²) < 4.78 is 5.38. The molecule has 1 atom stereocenters. The molecular formula is C20H26O2. The third-order valence-corrected chi connectivity index (χ3v) is 4.29. The van der Waals surface area contributed by atoms with Crippen LogP contribution in [0.5, 0.6) is 0 Å². The van der Waals surface area contributed by atoms with Crippen LogP contribution in [-0.4, -0.2) is 12.6 Å². The first-order valence-electron chi connectivity index (χ1n) is 8.13. The third-order valence-electron chi connectivity index (χ3n) is 4.29. The van der Waals surface area contributed by atoms with E-state index in [1.165, 1.54) is 5.56 Å². The third kappa shape index (κ3) is 5.18. The van der Waals surface area contributed by atoms with Crippen LogP contribution in [0.3, 0.4) is 0 Å². The molecule has 2 heteroatoms. The highest BCUT2D eigenvalue weighted by atomic mass is 16.5. The van der Waals surface area contributed by atoms with E-state index in [0.29, 0.717) is 13.0 Å². The highest BCUT2D eigenvalue weighted by Crippen LogP contribution is 2.34. The van der Waals surface area contributed by atoms with Gasteiger partial charge in [0, 0.05) is 0 Å². The smallest absolute Gasteiger partial charge is 0.306 e. The summed E-state index contributed by atoms with van der Waals surface area (Å²) in [6, 6.07) is 10.4. The van der Waals surface area contributed by atoms with Crippen molar-refractivity contribution in [3.05, 3.63) is 60.2 Å². The Bertz CT molecular complexity index is 526. The maximum absolute atomic E-state index is 12.0. The molecule has 118 valence electrons. The van der Waals surface area contributed by atoms with Crippen molar-refractivity contribution in [3.8, 4) is 0 Å². The molecule has 0 amide bonds. The van der Waals surface area contributed by atoms with Crippen LogP contribution in [0, 0.1) is 11.3 Å². The number of benzene rings is 1. The SMILES string of the molecule is CC1(C)C=CC=CC1CC(=O)OCCCCc1ccccc1. The Morgan fingerprint density at radius 1 is 1.14 bits per heavy atom. The van der Waals surface area contributed by atoms with Gasteiger partial charge < -0.3 is 4.74 Å². The van der Waals surface area contributed by atoms with Gasteiger partial charge in [-0.25, -0.2) is 0 Å². The quantitative estimate of drug-likeness (QED) is 0.538. The van der Waals surface area contributed by atoms with E-state index in [0.717, 1.165) is 19.3 Å². The molecule has 1 unspecified atom stereocenters. The average Bonchev–Trinajstić information content (AvgIpc) is 2.50. The minimum atomic E-state index is -0.0854. The maximum Gasteiger partial charge on any atom is 0.306 e. The zero-order valence-corrected chi connectivity index (χ0v) is 13.6. The Morgan fingerprint density at radius 2 is 1.91 bits per heavy atom. The lowest BCUT2D eigenvalue weighted by Gasteiger charge is -2.30.